The van der Waals surface area contributed by atoms with Crippen LogP contribution in [0.15, 0.2) is 59.4 Å². The van der Waals surface area contributed by atoms with Gasteiger partial charge in [-0.1, -0.05) is 29.8 Å². The predicted molar refractivity (Wildman–Crippen MR) is 120 cm³/mol. The van der Waals surface area contributed by atoms with Gasteiger partial charge in [-0.05, 0) is 25.1 Å². The number of amides is 1. The topological polar surface area (TPSA) is 85.6 Å². The quantitative estimate of drug-likeness (QED) is 0.488. The second-order valence-electron chi connectivity index (χ2n) is 7.16. The highest BCUT2D eigenvalue weighted by molar-refractivity contribution is 6.45. The standard InChI is InChI=1S/C23H21ClN4O3/c1-14-21(22(29)23(30)27-16-9-10-25-20(11-16)31-2)18-5-3-4-6-19(18)28(14)13-17-8-7-15(24)12-26-17/h3-8,11-12H,9-10,13H2,1-2H3,(H,27,30). The number of ether oxygens (including phenoxy) is 1. The lowest BCUT2D eigenvalue weighted by molar-refractivity contribution is -0.116. The lowest BCUT2D eigenvalue weighted by Crippen LogP contribution is -2.32. The number of nitrogens with one attached hydrogen (secondary N) is 1. The number of dihydropyridines is 1. The van der Waals surface area contributed by atoms with Crippen LogP contribution in [0.4, 0.5) is 0 Å². The SMILES string of the molecule is COC1=NCCC(NC(=O)C(=O)c2c(C)n(Cc3ccc(Cl)cn3)c3ccccc23)=C1. The first kappa shape index (κ1) is 20.8. The summed E-state index contributed by atoms with van der Waals surface area (Å²) < 4.78 is 7.10. The van der Waals surface area contributed by atoms with Crippen LogP contribution in [0.3, 0.4) is 0 Å². The molecule has 1 aliphatic heterocycles. The third-order valence-electron chi connectivity index (χ3n) is 5.20. The number of carbonyl (C=O) groups is 2. The van der Waals surface area contributed by atoms with E-state index in [1.165, 1.54) is 7.11 Å². The van der Waals surface area contributed by atoms with Gasteiger partial charge in [-0.15, -0.1) is 0 Å². The van der Waals surface area contributed by atoms with Crippen LogP contribution in [0.5, 0.6) is 0 Å². The lowest BCUT2D eigenvalue weighted by atomic mass is 10.1. The minimum Gasteiger partial charge on any atom is -0.481 e. The molecular formula is C23H21ClN4O3. The van der Waals surface area contributed by atoms with E-state index in [4.69, 9.17) is 16.3 Å². The van der Waals surface area contributed by atoms with E-state index in [1.807, 2.05) is 41.8 Å². The number of aromatic nitrogens is 2. The van der Waals surface area contributed by atoms with Gasteiger partial charge in [0.15, 0.2) is 0 Å². The first-order valence-corrected chi connectivity index (χ1v) is 10.2. The largest absolute Gasteiger partial charge is 0.481 e. The number of pyridine rings is 1. The van der Waals surface area contributed by atoms with Crippen LogP contribution in [0, 0.1) is 6.92 Å². The van der Waals surface area contributed by atoms with Gasteiger partial charge in [0.25, 0.3) is 11.7 Å². The highest BCUT2D eigenvalue weighted by atomic mass is 35.5. The molecule has 3 aromatic rings. The number of hydrogen-bond acceptors (Lipinski definition) is 5. The Morgan fingerprint density at radius 1 is 1.23 bits per heavy atom. The zero-order valence-electron chi connectivity index (χ0n) is 17.2. The van der Waals surface area contributed by atoms with Gasteiger partial charge >= 0.3 is 0 Å². The Morgan fingerprint density at radius 2 is 2.03 bits per heavy atom. The summed E-state index contributed by atoms with van der Waals surface area (Å²) in [6, 6.07) is 11.2. The van der Waals surface area contributed by atoms with Crippen molar-refractivity contribution in [3.05, 3.63) is 76.3 Å². The average Bonchev–Trinajstić information content (AvgIpc) is 3.06. The zero-order valence-corrected chi connectivity index (χ0v) is 17.9. The van der Waals surface area contributed by atoms with Crippen LogP contribution in [-0.4, -0.2) is 40.8 Å². The van der Waals surface area contributed by atoms with Crippen LogP contribution in [-0.2, 0) is 16.1 Å². The summed E-state index contributed by atoms with van der Waals surface area (Å²) in [5.41, 5.74) is 3.36. The third kappa shape index (κ3) is 4.22. The molecule has 1 amide bonds. The fraction of sp³-hybridized carbons (Fsp3) is 0.217. The van der Waals surface area contributed by atoms with E-state index in [9.17, 15) is 9.59 Å². The lowest BCUT2D eigenvalue weighted by Gasteiger charge is -2.13. The number of Topliss-reactive ketones (excluding diaryl/α,β-unsaturated/α-hetero) is 1. The summed E-state index contributed by atoms with van der Waals surface area (Å²) >= 11 is 5.94. The van der Waals surface area contributed by atoms with E-state index in [2.05, 4.69) is 15.3 Å². The summed E-state index contributed by atoms with van der Waals surface area (Å²) in [7, 11) is 1.51. The van der Waals surface area contributed by atoms with Gasteiger partial charge in [0.05, 0.1) is 29.9 Å². The molecule has 0 spiro atoms. The average molecular weight is 437 g/mol. The molecule has 4 rings (SSSR count). The van der Waals surface area contributed by atoms with Crippen LogP contribution in [0.25, 0.3) is 10.9 Å². The predicted octanol–water partition coefficient (Wildman–Crippen LogP) is 3.68. The number of carbonyl (C=O) groups excluding carboxylic acids is 2. The smallest absolute Gasteiger partial charge is 0.296 e. The molecule has 7 nitrogen and oxygen atoms in total. The molecule has 158 valence electrons. The summed E-state index contributed by atoms with van der Waals surface area (Å²) in [4.78, 5) is 34.5. The highest BCUT2D eigenvalue weighted by Crippen LogP contribution is 2.27. The van der Waals surface area contributed by atoms with Crippen molar-refractivity contribution in [1.29, 1.82) is 0 Å². The van der Waals surface area contributed by atoms with Gasteiger partial charge in [0.1, 0.15) is 0 Å². The number of halogens is 1. The summed E-state index contributed by atoms with van der Waals surface area (Å²) in [5.74, 6) is -0.838. The monoisotopic (exact) mass is 436 g/mol. The van der Waals surface area contributed by atoms with Gasteiger partial charge in [0.2, 0.25) is 5.90 Å². The number of aliphatic imine (C=N–C) groups is 1. The molecule has 31 heavy (non-hydrogen) atoms. The van der Waals surface area contributed by atoms with E-state index < -0.39 is 11.7 Å². The Labute approximate surface area is 184 Å². The Balaban J connectivity index is 1.67. The number of methoxy groups -OCH3 is 1. The molecule has 0 saturated heterocycles. The van der Waals surface area contributed by atoms with Crippen molar-refractivity contribution in [2.45, 2.75) is 19.9 Å². The molecule has 1 aromatic carbocycles. The first-order valence-electron chi connectivity index (χ1n) is 9.81. The maximum atomic E-state index is 13.2. The summed E-state index contributed by atoms with van der Waals surface area (Å²) in [6.07, 6.45) is 3.76. The van der Waals surface area contributed by atoms with E-state index in [1.54, 1.807) is 18.3 Å². The fourth-order valence-corrected chi connectivity index (χ4v) is 3.79. The highest BCUT2D eigenvalue weighted by Gasteiger charge is 2.26. The number of fused-ring (bicyclic) bond motifs is 1. The van der Waals surface area contributed by atoms with Crippen molar-refractivity contribution in [3.63, 3.8) is 0 Å². The van der Waals surface area contributed by atoms with Crippen molar-refractivity contribution in [1.82, 2.24) is 14.9 Å². The molecule has 0 fully saturated rings. The zero-order chi connectivity index (χ0) is 22.0. The summed E-state index contributed by atoms with van der Waals surface area (Å²) in [5, 5.41) is 4.00. The van der Waals surface area contributed by atoms with Crippen LogP contribution in [0.2, 0.25) is 5.02 Å². The second-order valence-corrected chi connectivity index (χ2v) is 7.59. The normalized spacial score (nSPS) is 13.5. The molecule has 0 aliphatic carbocycles. The molecule has 1 N–H and O–H groups in total. The van der Waals surface area contributed by atoms with Gasteiger partial charge in [0, 0.05) is 47.5 Å². The Bertz CT molecular complexity index is 1230. The van der Waals surface area contributed by atoms with Crippen LogP contribution in [0.1, 0.15) is 28.2 Å². The van der Waals surface area contributed by atoms with Crippen molar-refractivity contribution < 1.29 is 14.3 Å². The third-order valence-corrected chi connectivity index (χ3v) is 5.43. The fourth-order valence-electron chi connectivity index (χ4n) is 3.67. The maximum Gasteiger partial charge on any atom is 0.296 e. The van der Waals surface area contributed by atoms with Crippen molar-refractivity contribution in [3.8, 4) is 0 Å². The number of hydrogen-bond donors (Lipinski definition) is 1. The van der Waals surface area contributed by atoms with E-state index in [0.29, 0.717) is 47.4 Å². The van der Waals surface area contributed by atoms with Crippen molar-refractivity contribution >= 4 is 40.1 Å². The molecule has 0 unspecified atom stereocenters. The number of para-hydroxylation sites is 1. The molecule has 8 heteroatoms. The van der Waals surface area contributed by atoms with Gasteiger partial charge in [-0.25, -0.2) is 0 Å². The van der Waals surface area contributed by atoms with Gasteiger partial charge < -0.3 is 14.6 Å². The second kappa shape index (κ2) is 8.73. The Hall–Kier alpha value is -3.45. The molecule has 1 aliphatic rings. The van der Waals surface area contributed by atoms with Crippen molar-refractivity contribution in [2.24, 2.45) is 4.99 Å². The van der Waals surface area contributed by atoms with E-state index >= 15 is 0 Å². The number of benzene rings is 1. The number of rotatable bonds is 5. The molecular weight excluding hydrogens is 416 g/mol. The molecule has 0 radical (unpaired) electrons. The molecule has 0 saturated carbocycles. The minimum atomic E-state index is -0.681. The van der Waals surface area contributed by atoms with E-state index in [0.717, 1.165) is 16.6 Å². The molecule has 2 aromatic heterocycles. The van der Waals surface area contributed by atoms with Gasteiger partial charge in [-0.2, -0.15) is 0 Å². The van der Waals surface area contributed by atoms with Crippen LogP contribution < -0.4 is 5.32 Å². The number of nitrogens with zero attached hydrogens (tertiary/aromatic N) is 3. The van der Waals surface area contributed by atoms with E-state index in [-0.39, 0.29) is 0 Å². The first-order chi connectivity index (χ1) is 15.0. The summed E-state index contributed by atoms with van der Waals surface area (Å²) in [6.45, 7) is 2.79. The Morgan fingerprint density at radius 3 is 2.77 bits per heavy atom. The maximum absolute atomic E-state index is 13.2. The Kier molecular flexibility index (Phi) is 5.86. The molecule has 0 atom stereocenters. The molecule has 0 bridgehead atoms. The molecule has 3 heterocycles. The number of ketones is 1. The van der Waals surface area contributed by atoms with Crippen molar-refractivity contribution in [2.75, 3.05) is 13.7 Å². The minimum absolute atomic E-state index is 0.388. The van der Waals surface area contributed by atoms with Gasteiger partial charge in [-0.3, -0.25) is 19.6 Å². The van der Waals surface area contributed by atoms with Crippen LogP contribution >= 0.6 is 11.6 Å².